The van der Waals surface area contributed by atoms with Crippen LogP contribution in [0.5, 0.6) is 0 Å². The van der Waals surface area contributed by atoms with Crippen molar-refractivity contribution in [3.05, 3.63) is 65.0 Å². The number of carbonyl (C=O) groups excluding carboxylic acids is 5. The van der Waals surface area contributed by atoms with Crippen molar-refractivity contribution in [1.29, 1.82) is 0 Å². The summed E-state index contributed by atoms with van der Waals surface area (Å²) in [7, 11) is -3.90. The predicted molar refractivity (Wildman–Crippen MR) is 195 cm³/mol. The van der Waals surface area contributed by atoms with Crippen molar-refractivity contribution < 1.29 is 46.3 Å². The van der Waals surface area contributed by atoms with E-state index in [4.69, 9.17) is 9.47 Å². The van der Waals surface area contributed by atoms with Gasteiger partial charge in [0.15, 0.2) is 0 Å². The molecule has 2 aromatic rings. The highest BCUT2D eigenvalue weighted by atomic mass is 32.2. The van der Waals surface area contributed by atoms with E-state index in [-0.39, 0.29) is 50.6 Å². The van der Waals surface area contributed by atoms with Gasteiger partial charge in [-0.2, -0.15) is 0 Å². The summed E-state index contributed by atoms with van der Waals surface area (Å²) >= 11 is 0. The molecule has 5 atom stereocenters. The summed E-state index contributed by atoms with van der Waals surface area (Å²) in [5.74, 6) is -3.30. The average molecular weight is 770 g/mol. The van der Waals surface area contributed by atoms with E-state index in [2.05, 4.69) is 15.4 Å². The number of ether oxygens (including phenoxy) is 2. The number of sulfonamides is 1. The van der Waals surface area contributed by atoms with Crippen LogP contribution >= 0.6 is 0 Å². The minimum atomic E-state index is -3.90. The van der Waals surface area contributed by atoms with Crippen molar-refractivity contribution in [2.24, 2.45) is 11.3 Å². The molecule has 3 N–H and O–H groups in total. The molecular formula is C38H48FN5O9S. The first-order valence-corrected chi connectivity index (χ1v) is 20.0. The van der Waals surface area contributed by atoms with Gasteiger partial charge in [0, 0.05) is 24.2 Å². The van der Waals surface area contributed by atoms with Gasteiger partial charge in [-0.3, -0.25) is 24.0 Å². The summed E-state index contributed by atoms with van der Waals surface area (Å²) < 4.78 is 53.1. The maximum Gasteiger partial charge on any atom is 0.410 e. The van der Waals surface area contributed by atoms with Gasteiger partial charge >= 0.3 is 12.1 Å². The first-order valence-electron chi connectivity index (χ1n) is 18.4. The molecule has 16 heteroatoms. The molecule has 14 nitrogen and oxygen atoms in total. The van der Waals surface area contributed by atoms with Crippen LogP contribution in [0.25, 0.3) is 0 Å². The third kappa shape index (κ3) is 8.03. The van der Waals surface area contributed by atoms with E-state index in [9.17, 15) is 36.8 Å². The topological polar surface area (TPSA) is 181 Å². The number of halogens is 1. The summed E-state index contributed by atoms with van der Waals surface area (Å²) in [6.07, 6.45) is -0.179. The number of fused-ring (bicyclic) bond motifs is 1. The van der Waals surface area contributed by atoms with Crippen LogP contribution in [-0.2, 0) is 47.0 Å². The molecule has 0 spiro atoms. The Bertz CT molecular complexity index is 1950. The van der Waals surface area contributed by atoms with E-state index in [1.807, 2.05) is 27.7 Å². The van der Waals surface area contributed by atoms with Gasteiger partial charge in [-0.05, 0) is 67.3 Å². The number of carbonyl (C=O) groups is 5. The molecule has 3 fully saturated rings. The van der Waals surface area contributed by atoms with Gasteiger partial charge in [0.25, 0.3) is 5.91 Å². The predicted octanol–water partition coefficient (Wildman–Crippen LogP) is 3.84. The van der Waals surface area contributed by atoms with Crippen LogP contribution in [0.3, 0.4) is 0 Å². The highest BCUT2D eigenvalue weighted by molar-refractivity contribution is 7.91. The fraction of sp³-hybridized carbons (Fsp3) is 0.553. The van der Waals surface area contributed by atoms with Crippen LogP contribution in [0.1, 0.15) is 88.2 Å². The summed E-state index contributed by atoms with van der Waals surface area (Å²) in [4.78, 5) is 71.0. The lowest BCUT2D eigenvalue weighted by Gasteiger charge is -2.36. The normalized spacial score (nSPS) is 23.9. The monoisotopic (exact) mass is 769 g/mol. The molecule has 2 aliphatic heterocycles. The van der Waals surface area contributed by atoms with Crippen LogP contribution in [0.2, 0.25) is 0 Å². The molecule has 1 saturated heterocycles. The number of rotatable bonds is 12. The molecule has 2 aliphatic carbocycles. The molecule has 2 heterocycles. The van der Waals surface area contributed by atoms with Crippen molar-refractivity contribution >= 4 is 45.5 Å². The standard InChI is InChI=1S/C38H48FN5O9S/c1-6-24-18-38(24,35(48)42-54(50,51)27-14-15-27)41-32(45)30-17-26(53-36(49)43-19-23-11-9-13-29(39)28(23)21-43)20-44(30)33(46)31(37(3,4)5)40-25-12-8-10-22(16-25)34(47)52-7-2/h8-13,16,24,26-27,30-31,40H,6-7,14-15,17-21H2,1-5H3,(H,41,45)(H,42,48)/t24?,26-,30+,31-,38-/m1/s1. The molecule has 2 saturated carbocycles. The molecule has 0 bridgehead atoms. The smallest absolute Gasteiger partial charge is 0.410 e. The average Bonchev–Trinajstić information content (AvgIpc) is 4.01. The number of benzene rings is 2. The highest BCUT2D eigenvalue weighted by Gasteiger charge is 2.62. The van der Waals surface area contributed by atoms with Gasteiger partial charge < -0.3 is 25.0 Å². The van der Waals surface area contributed by atoms with Gasteiger partial charge in [-0.15, -0.1) is 0 Å². The zero-order valence-corrected chi connectivity index (χ0v) is 32.0. The van der Waals surface area contributed by atoms with Crippen LogP contribution in [-0.4, -0.2) is 90.1 Å². The van der Waals surface area contributed by atoms with Crippen molar-refractivity contribution in [2.75, 3.05) is 18.5 Å². The maximum absolute atomic E-state index is 14.7. The number of hydrogen-bond donors (Lipinski definition) is 3. The van der Waals surface area contributed by atoms with Gasteiger partial charge in [0.1, 0.15) is 29.5 Å². The molecular weight excluding hydrogens is 722 g/mol. The van der Waals surface area contributed by atoms with E-state index in [0.29, 0.717) is 36.1 Å². The Morgan fingerprint density at radius 2 is 1.76 bits per heavy atom. The van der Waals surface area contributed by atoms with Crippen molar-refractivity contribution in [1.82, 2.24) is 19.8 Å². The fourth-order valence-electron chi connectivity index (χ4n) is 7.33. The Balaban J connectivity index is 1.25. The molecule has 1 unspecified atom stereocenters. The Kier molecular flexibility index (Phi) is 10.7. The molecule has 292 valence electrons. The number of amides is 4. The Labute approximate surface area is 314 Å². The maximum atomic E-state index is 14.7. The second-order valence-electron chi connectivity index (χ2n) is 15.7. The molecule has 54 heavy (non-hydrogen) atoms. The second kappa shape index (κ2) is 14.8. The van der Waals surface area contributed by atoms with Crippen LogP contribution in [0.4, 0.5) is 14.9 Å². The first kappa shape index (κ1) is 39.0. The summed E-state index contributed by atoms with van der Waals surface area (Å²) in [5.41, 5.74) is -0.463. The lowest BCUT2D eigenvalue weighted by Crippen LogP contribution is -2.58. The van der Waals surface area contributed by atoms with Crippen molar-refractivity contribution in [2.45, 2.75) is 109 Å². The number of hydrogen-bond acceptors (Lipinski definition) is 10. The van der Waals surface area contributed by atoms with Crippen LogP contribution < -0.4 is 15.4 Å². The van der Waals surface area contributed by atoms with Crippen molar-refractivity contribution in [3.63, 3.8) is 0 Å². The number of likely N-dealkylation sites (tertiary alicyclic amines) is 1. The van der Waals surface area contributed by atoms with E-state index >= 15 is 0 Å². The van der Waals surface area contributed by atoms with E-state index in [1.165, 1.54) is 15.9 Å². The second-order valence-corrected chi connectivity index (χ2v) is 17.6. The number of anilines is 1. The van der Waals surface area contributed by atoms with Crippen LogP contribution in [0.15, 0.2) is 42.5 Å². The lowest BCUT2D eigenvalue weighted by atomic mass is 9.85. The molecule has 0 radical (unpaired) electrons. The number of nitrogens with one attached hydrogen (secondary N) is 3. The highest BCUT2D eigenvalue weighted by Crippen LogP contribution is 2.47. The quantitative estimate of drug-likeness (QED) is 0.269. The Morgan fingerprint density at radius 1 is 1.04 bits per heavy atom. The fourth-order valence-corrected chi connectivity index (χ4v) is 8.69. The van der Waals surface area contributed by atoms with Gasteiger partial charge in [-0.25, -0.2) is 22.4 Å². The largest absolute Gasteiger partial charge is 0.462 e. The van der Waals surface area contributed by atoms with Gasteiger partial charge in [0.2, 0.25) is 21.8 Å². The molecule has 4 amide bonds. The minimum Gasteiger partial charge on any atom is -0.462 e. The summed E-state index contributed by atoms with van der Waals surface area (Å²) in [6.45, 7) is 9.18. The van der Waals surface area contributed by atoms with Crippen molar-refractivity contribution in [3.8, 4) is 0 Å². The van der Waals surface area contributed by atoms with E-state index < -0.39 is 80.0 Å². The number of nitrogens with zero attached hydrogens (tertiary/aromatic N) is 2. The molecule has 2 aromatic carbocycles. The Hall–Kier alpha value is -4.73. The first-order chi connectivity index (χ1) is 25.5. The molecule has 4 aliphatic rings. The summed E-state index contributed by atoms with van der Waals surface area (Å²) in [6, 6.07) is 8.95. The SMILES string of the molecule is CCOC(=O)c1cccc(N[C@H](C(=O)N2C[C@H](OC(=O)N3Cc4cccc(F)c4C3)C[C@H]2C(=O)N[C@]2(C(=O)NS(=O)(=O)C3CC3)CC2CC)C(C)(C)C)c1. The zero-order chi connectivity index (χ0) is 39.2. The summed E-state index contributed by atoms with van der Waals surface area (Å²) in [5, 5.41) is 5.39. The van der Waals surface area contributed by atoms with Gasteiger partial charge in [-0.1, -0.05) is 52.3 Å². The lowest BCUT2D eigenvalue weighted by molar-refractivity contribution is -0.141. The van der Waals surface area contributed by atoms with Gasteiger partial charge in [0.05, 0.1) is 30.5 Å². The minimum absolute atomic E-state index is 0.000797. The van der Waals surface area contributed by atoms with E-state index in [1.54, 1.807) is 43.3 Å². The molecule has 6 rings (SSSR count). The molecule has 0 aromatic heterocycles. The third-order valence-electron chi connectivity index (χ3n) is 10.6. The number of esters is 1. The zero-order valence-electron chi connectivity index (χ0n) is 31.1. The van der Waals surface area contributed by atoms with Crippen LogP contribution in [0, 0.1) is 17.2 Å². The van der Waals surface area contributed by atoms with E-state index in [0.717, 1.165) is 0 Å². The third-order valence-corrected chi connectivity index (χ3v) is 12.5. The Morgan fingerprint density at radius 3 is 2.39 bits per heavy atom.